The third kappa shape index (κ3) is 4.75. The summed E-state index contributed by atoms with van der Waals surface area (Å²) in [6, 6.07) is 0. The van der Waals surface area contributed by atoms with Gasteiger partial charge in [-0.2, -0.15) is 24.5 Å². The summed E-state index contributed by atoms with van der Waals surface area (Å²) in [4.78, 5) is 0. The minimum absolute atomic E-state index is 0.0573. The van der Waals surface area contributed by atoms with Gasteiger partial charge in [0, 0.05) is 24.9 Å². The number of thioether (sulfide) groups is 1. The highest BCUT2D eigenvalue weighted by atomic mass is 32.2. The van der Waals surface area contributed by atoms with Gasteiger partial charge in [0.05, 0.1) is 0 Å². The van der Waals surface area contributed by atoms with E-state index in [9.17, 15) is 8.42 Å². The lowest BCUT2D eigenvalue weighted by molar-refractivity contribution is 0.447. The summed E-state index contributed by atoms with van der Waals surface area (Å²) >= 11 is 1.85. The Hall–Kier alpha value is 0.180. The quantitative estimate of drug-likeness (QED) is 0.708. The summed E-state index contributed by atoms with van der Waals surface area (Å²) in [5, 5.41) is 0. The van der Waals surface area contributed by atoms with Crippen molar-refractivity contribution in [3.05, 3.63) is 0 Å². The summed E-state index contributed by atoms with van der Waals surface area (Å²) < 4.78 is 27.9. The highest BCUT2D eigenvalue weighted by Crippen LogP contribution is 2.37. The van der Waals surface area contributed by atoms with Gasteiger partial charge in [0.15, 0.2) is 0 Å². The number of hydrogen-bond acceptors (Lipinski definition) is 4. The number of nitrogens with zero attached hydrogens (tertiary/aromatic N) is 1. The molecule has 1 aliphatic heterocycles. The Balaban J connectivity index is 2.43. The summed E-state index contributed by atoms with van der Waals surface area (Å²) in [5.41, 5.74) is 5.37. The summed E-state index contributed by atoms with van der Waals surface area (Å²) in [5.74, 6) is 1.13. The van der Waals surface area contributed by atoms with E-state index in [-0.39, 0.29) is 4.75 Å². The molecule has 102 valence electrons. The van der Waals surface area contributed by atoms with Gasteiger partial charge in [-0.1, -0.05) is 0 Å². The molecule has 1 unspecified atom stereocenters. The molecule has 1 rings (SSSR count). The second-order valence-corrected chi connectivity index (χ2v) is 8.24. The highest BCUT2D eigenvalue weighted by Gasteiger charge is 2.31. The van der Waals surface area contributed by atoms with Gasteiger partial charge in [0.25, 0.3) is 10.2 Å². The van der Waals surface area contributed by atoms with Gasteiger partial charge in [-0.15, -0.1) is 0 Å². The van der Waals surface area contributed by atoms with Crippen molar-refractivity contribution in [1.29, 1.82) is 0 Å². The van der Waals surface area contributed by atoms with E-state index in [1.165, 1.54) is 10.7 Å². The lowest BCUT2D eigenvalue weighted by Crippen LogP contribution is -2.44. The molecule has 1 fully saturated rings. The van der Waals surface area contributed by atoms with E-state index >= 15 is 0 Å². The molecule has 1 aliphatic rings. The molecule has 0 aromatic rings. The van der Waals surface area contributed by atoms with Crippen LogP contribution in [-0.4, -0.2) is 49.9 Å². The van der Waals surface area contributed by atoms with Crippen molar-refractivity contribution in [2.75, 3.05) is 32.4 Å². The SMILES string of the molecule is CN(CCCN)S(=O)(=O)NCC1(C)CCCS1. The van der Waals surface area contributed by atoms with Gasteiger partial charge < -0.3 is 5.73 Å². The van der Waals surface area contributed by atoms with Crippen LogP contribution in [0.5, 0.6) is 0 Å². The Morgan fingerprint density at radius 2 is 2.24 bits per heavy atom. The van der Waals surface area contributed by atoms with Crippen LogP contribution in [-0.2, 0) is 10.2 Å². The van der Waals surface area contributed by atoms with Crippen LogP contribution in [0.4, 0.5) is 0 Å². The third-order valence-electron chi connectivity index (χ3n) is 3.02. The summed E-state index contributed by atoms with van der Waals surface area (Å²) in [6.45, 7) is 3.60. The normalized spacial score (nSPS) is 25.6. The maximum atomic E-state index is 11.9. The second kappa shape index (κ2) is 6.38. The van der Waals surface area contributed by atoms with Crippen molar-refractivity contribution < 1.29 is 8.42 Å². The summed E-state index contributed by atoms with van der Waals surface area (Å²) in [6.07, 6.45) is 2.93. The molecule has 0 aliphatic carbocycles. The van der Waals surface area contributed by atoms with Crippen LogP contribution in [0.3, 0.4) is 0 Å². The molecule has 0 bridgehead atoms. The van der Waals surface area contributed by atoms with E-state index in [2.05, 4.69) is 11.6 Å². The van der Waals surface area contributed by atoms with E-state index < -0.39 is 10.2 Å². The van der Waals surface area contributed by atoms with Crippen molar-refractivity contribution in [2.24, 2.45) is 5.73 Å². The largest absolute Gasteiger partial charge is 0.330 e. The molecule has 17 heavy (non-hydrogen) atoms. The Labute approximate surface area is 109 Å². The van der Waals surface area contributed by atoms with E-state index in [4.69, 9.17) is 5.73 Å². The first-order valence-corrected chi connectivity index (χ1v) is 8.37. The molecule has 3 N–H and O–H groups in total. The third-order valence-corrected chi connectivity index (χ3v) is 6.07. The van der Waals surface area contributed by atoms with Gasteiger partial charge in [0.1, 0.15) is 0 Å². The minimum Gasteiger partial charge on any atom is -0.330 e. The molecule has 0 aromatic heterocycles. The predicted molar refractivity (Wildman–Crippen MR) is 73.3 cm³/mol. The maximum Gasteiger partial charge on any atom is 0.279 e. The fourth-order valence-corrected chi connectivity index (χ4v) is 4.19. The van der Waals surface area contributed by atoms with Crippen LogP contribution in [0.1, 0.15) is 26.2 Å². The monoisotopic (exact) mass is 281 g/mol. The highest BCUT2D eigenvalue weighted by molar-refractivity contribution is 8.00. The van der Waals surface area contributed by atoms with E-state index in [1.807, 2.05) is 11.8 Å². The Morgan fingerprint density at radius 1 is 1.53 bits per heavy atom. The standard InChI is InChI=1S/C10H23N3O2S2/c1-10(5-3-8-16-10)9-12-17(14,15)13(2)7-4-6-11/h12H,3-9,11H2,1-2H3. The van der Waals surface area contributed by atoms with Crippen LogP contribution in [0.25, 0.3) is 0 Å². The number of rotatable bonds is 7. The van der Waals surface area contributed by atoms with Crippen molar-refractivity contribution in [3.63, 3.8) is 0 Å². The first kappa shape index (κ1) is 15.2. The second-order valence-electron chi connectivity index (χ2n) is 4.69. The van der Waals surface area contributed by atoms with Crippen molar-refractivity contribution in [2.45, 2.75) is 30.9 Å². The average molecular weight is 281 g/mol. The molecule has 0 aromatic carbocycles. The average Bonchev–Trinajstić information content (AvgIpc) is 2.71. The first-order valence-electron chi connectivity index (χ1n) is 5.95. The molecule has 5 nitrogen and oxygen atoms in total. The molecule has 0 radical (unpaired) electrons. The fraction of sp³-hybridized carbons (Fsp3) is 1.00. The van der Waals surface area contributed by atoms with Crippen molar-refractivity contribution in [1.82, 2.24) is 9.03 Å². The predicted octanol–water partition coefficient (Wildman–Crippen LogP) is 0.387. The van der Waals surface area contributed by atoms with Gasteiger partial charge in [-0.3, -0.25) is 0 Å². The fourth-order valence-electron chi connectivity index (χ4n) is 1.76. The molecule has 0 saturated carbocycles. The Morgan fingerprint density at radius 3 is 2.76 bits per heavy atom. The summed E-state index contributed by atoms with van der Waals surface area (Å²) in [7, 11) is -1.76. The zero-order valence-electron chi connectivity index (χ0n) is 10.6. The topological polar surface area (TPSA) is 75.4 Å². The van der Waals surface area contributed by atoms with E-state index in [0.717, 1.165) is 12.2 Å². The van der Waals surface area contributed by atoms with Gasteiger partial charge in [-0.05, 0) is 38.5 Å². The molecule has 1 saturated heterocycles. The molecular weight excluding hydrogens is 258 g/mol. The first-order chi connectivity index (χ1) is 7.90. The smallest absolute Gasteiger partial charge is 0.279 e. The van der Waals surface area contributed by atoms with Crippen LogP contribution in [0.2, 0.25) is 0 Å². The van der Waals surface area contributed by atoms with E-state index in [1.54, 1.807) is 7.05 Å². The molecule has 0 amide bonds. The molecule has 7 heteroatoms. The molecular formula is C10H23N3O2S2. The number of nitrogens with two attached hydrogens (primary N) is 1. The Bertz CT molecular complexity index is 326. The van der Waals surface area contributed by atoms with Gasteiger partial charge in [0.2, 0.25) is 0 Å². The zero-order chi connectivity index (χ0) is 12.9. The minimum atomic E-state index is -3.34. The van der Waals surface area contributed by atoms with Crippen LogP contribution in [0, 0.1) is 0 Å². The van der Waals surface area contributed by atoms with Gasteiger partial charge in [-0.25, -0.2) is 4.72 Å². The Kier molecular flexibility index (Phi) is 5.72. The lowest BCUT2D eigenvalue weighted by Gasteiger charge is -2.25. The van der Waals surface area contributed by atoms with Crippen LogP contribution < -0.4 is 10.5 Å². The van der Waals surface area contributed by atoms with E-state index in [0.29, 0.717) is 26.1 Å². The molecule has 0 spiro atoms. The van der Waals surface area contributed by atoms with Crippen LogP contribution >= 0.6 is 11.8 Å². The zero-order valence-corrected chi connectivity index (χ0v) is 12.2. The maximum absolute atomic E-state index is 11.9. The van der Waals surface area contributed by atoms with Crippen molar-refractivity contribution in [3.8, 4) is 0 Å². The number of nitrogens with one attached hydrogen (secondary N) is 1. The van der Waals surface area contributed by atoms with Crippen LogP contribution in [0.15, 0.2) is 0 Å². The van der Waals surface area contributed by atoms with Gasteiger partial charge >= 0.3 is 0 Å². The number of hydrogen-bond donors (Lipinski definition) is 2. The lowest BCUT2D eigenvalue weighted by atomic mass is 10.1. The molecule has 1 heterocycles. The molecule has 1 atom stereocenters. The van der Waals surface area contributed by atoms with Crippen molar-refractivity contribution >= 4 is 22.0 Å².